The van der Waals surface area contributed by atoms with Crippen LogP contribution in [0.5, 0.6) is 0 Å². The van der Waals surface area contributed by atoms with E-state index in [1.165, 1.54) is 12.8 Å². The Labute approximate surface area is 68.3 Å². The summed E-state index contributed by atoms with van der Waals surface area (Å²) in [5.41, 5.74) is 0. The van der Waals surface area contributed by atoms with Crippen LogP contribution in [0.2, 0.25) is 0 Å². The van der Waals surface area contributed by atoms with Gasteiger partial charge in [0, 0.05) is 6.61 Å². The van der Waals surface area contributed by atoms with Crippen LogP contribution in [0.4, 0.5) is 0 Å². The van der Waals surface area contributed by atoms with Crippen LogP contribution in [0, 0.1) is 0 Å². The molecule has 1 saturated heterocycles. The van der Waals surface area contributed by atoms with Gasteiger partial charge in [-0.3, -0.25) is 0 Å². The summed E-state index contributed by atoms with van der Waals surface area (Å²) in [6.45, 7) is 4.78. The monoisotopic (exact) mass is 166 g/mol. The molecule has 0 radical (unpaired) electrons. The molecule has 0 aromatic rings. The molecule has 1 heterocycles. The maximum absolute atomic E-state index is 5.27. The molecule has 1 rings (SSSR count). The minimum Gasteiger partial charge on any atom is -0.379 e. The Morgan fingerprint density at radius 3 is 2.80 bits per heavy atom. The van der Waals surface area contributed by atoms with Crippen molar-refractivity contribution in [2.24, 2.45) is 0 Å². The number of hydrogen-bond acceptors (Lipinski definition) is 2. The lowest BCUT2D eigenvalue weighted by molar-refractivity contribution is 0.114. The first kappa shape index (κ1) is 10.2. The van der Waals surface area contributed by atoms with E-state index in [0.29, 0.717) is 6.10 Å². The van der Waals surface area contributed by atoms with Crippen LogP contribution in [0.3, 0.4) is 0 Å². The molecule has 3 heteroatoms. The van der Waals surface area contributed by atoms with Crippen LogP contribution in [0.1, 0.15) is 19.8 Å². The number of unbranched alkanes of at least 4 members (excludes halogenated alkanes) is 1. The Hall–Kier alpha value is 0.210. The van der Waals surface area contributed by atoms with E-state index in [4.69, 9.17) is 9.47 Å². The third kappa shape index (κ3) is 5.03. The fourth-order valence-corrected chi connectivity index (χ4v) is 0.625. The van der Waals surface area contributed by atoms with Gasteiger partial charge in [0.2, 0.25) is 0 Å². The third-order valence-corrected chi connectivity index (χ3v) is 1.35. The first-order valence-corrected chi connectivity index (χ1v) is 3.63. The molecule has 1 aliphatic heterocycles. The topological polar surface area (TPSA) is 21.8 Å². The van der Waals surface area contributed by atoms with E-state index in [1.807, 2.05) is 0 Å². The Morgan fingerprint density at radius 1 is 1.60 bits per heavy atom. The van der Waals surface area contributed by atoms with Gasteiger partial charge in [0.05, 0.1) is 13.2 Å². The van der Waals surface area contributed by atoms with Crippen LogP contribution in [-0.2, 0) is 9.47 Å². The minimum atomic E-state index is 0. The van der Waals surface area contributed by atoms with Crippen LogP contribution in [-0.4, -0.2) is 25.9 Å². The van der Waals surface area contributed by atoms with Crippen molar-refractivity contribution in [3.05, 3.63) is 0 Å². The molecule has 62 valence electrons. The molecule has 1 aliphatic rings. The van der Waals surface area contributed by atoms with Crippen molar-refractivity contribution >= 4 is 12.4 Å². The maximum atomic E-state index is 5.27. The molecule has 1 fully saturated rings. The van der Waals surface area contributed by atoms with Gasteiger partial charge in [0.15, 0.2) is 0 Å². The van der Waals surface area contributed by atoms with Crippen LogP contribution in [0.15, 0.2) is 0 Å². The number of epoxide rings is 1. The lowest BCUT2D eigenvalue weighted by Crippen LogP contribution is -2.01. The summed E-state index contributed by atoms with van der Waals surface area (Å²) in [6.07, 6.45) is 2.82. The SMILES string of the molecule is CCCCOCC1CO1.Cl. The fourth-order valence-electron chi connectivity index (χ4n) is 0.625. The van der Waals surface area contributed by atoms with E-state index in [-0.39, 0.29) is 12.4 Å². The van der Waals surface area contributed by atoms with Gasteiger partial charge < -0.3 is 9.47 Å². The van der Waals surface area contributed by atoms with Gasteiger partial charge in [-0.05, 0) is 6.42 Å². The van der Waals surface area contributed by atoms with Crippen molar-refractivity contribution in [3.63, 3.8) is 0 Å². The number of halogens is 1. The van der Waals surface area contributed by atoms with Crippen molar-refractivity contribution in [2.45, 2.75) is 25.9 Å². The second-order valence-corrected chi connectivity index (χ2v) is 2.38. The fraction of sp³-hybridized carbons (Fsp3) is 1.00. The van der Waals surface area contributed by atoms with E-state index in [9.17, 15) is 0 Å². The molecular formula is C7H15ClO2. The number of hydrogen-bond donors (Lipinski definition) is 0. The van der Waals surface area contributed by atoms with Gasteiger partial charge in [0.25, 0.3) is 0 Å². The molecular weight excluding hydrogens is 152 g/mol. The predicted octanol–water partition coefficient (Wildman–Crippen LogP) is 1.62. The van der Waals surface area contributed by atoms with E-state index in [0.717, 1.165) is 19.8 Å². The molecule has 0 spiro atoms. The first-order chi connectivity index (χ1) is 4.43. The Bertz CT molecular complexity index is 74.0. The molecule has 0 aromatic heterocycles. The molecule has 1 unspecified atom stereocenters. The lowest BCUT2D eigenvalue weighted by Gasteiger charge is -1.97. The highest BCUT2D eigenvalue weighted by atomic mass is 35.5. The minimum absolute atomic E-state index is 0. The second-order valence-electron chi connectivity index (χ2n) is 2.38. The third-order valence-electron chi connectivity index (χ3n) is 1.35. The van der Waals surface area contributed by atoms with Crippen LogP contribution < -0.4 is 0 Å². The van der Waals surface area contributed by atoms with Gasteiger partial charge in [-0.15, -0.1) is 12.4 Å². The largest absolute Gasteiger partial charge is 0.379 e. The normalized spacial score (nSPS) is 21.9. The number of rotatable bonds is 5. The van der Waals surface area contributed by atoms with Gasteiger partial charge >= 0.3 is 0 Å². The zero-order valence-electron chi connectivity index (χ0n) is 6.34. The predicted molar refractivity (Wildman–Crippen MR) is 42.7 cm³/mol. The van der Waals surface area contributed by atoms with Gasteiger partial charge in [-0.2, -0.15) is 0 Å². The van der Waals surface area contributed by atoms with E-state index in [2.05, 4.69) is 6.92 Å². The van der Waals surface area contributed by atoms with Crippen molar-refractivity contribution in [3.8, 4) is 0 Å². The summed E-state index contributed by atoms with van der Waals surface area (Å²) in [7, 11) is 0. The van der Waals surface area contributed by atoms with Gasteiger partial charge in [-0.25, -0.2) is 0 Å². The average Bonchev–Trinajstić information content (AvgIpc) is 2.63. The highest BCUT2D eigenvalue weighted by Crippen LogP contribution is 2.08. The van der Waals surface area contributed by atoms with Crippen LogP contribution in [0.25, 0.3) is 0 Å². The summed E-state index contributed by atoms with van der Waals surface area (Å²) in [4.78, 5) is 0. The first-order valence-electron chi connectivity index (χ1n) is 3.63. The maximum Gasteiger partial charge on any atom is 0.104 e. The lowest BCUT2D eigenvalue weighted by atomic mass is 10.4. The molecule has 0 aromatic carbocycles. The summed E-state index contributed by atoms with van der Waals surface area (Å²) in [5.74, 6) is 0. The zero-order valence-corrected chi connectivity index (χ0v) is 7.15. The highest BCUT2D eigenvalue weighted by molar-refractivity contribution is 5.85. The quantitative estimate of drug-likeness (QED) is 0.458. The average molecular weight is 167 g/mol. The Balaban J connectivity index is 0.000000810. The molecule has 0 bridgehead atoms. The summed E-state index contributed by atoms with van der Waals surface area (Å²) in [6, 6.07) is 0. The molecule has 10 heavy (non-hydrogen) atoms. The van der Waals surface area contributed by atoms with E-state index >= 15 is 0 Å². The molecule has 1 atom stereocenters. The standard InChI is InChI=1S/C7H14O2.ClH/c1-2-3-4-8-5-7-6-9-7;/h7H,2-6H2,1H3;1H. The van der Waals surface area contributed by atoms with E-state index in [1.54, 1.807) is 0 Å². The molecule has 0 amide bonds. The smallest absolute Gasteiger partial charge is 0.104 e. The summed E-state index contributed by atoms with van der Waals surface area (Å²) < 4.78 is 10.2. The molecule has 2 nitrogen and oxygen atoms in total. The Kier molecular flexibility index (Phi) is 6.08. The van der Waals surface area contributed by atoms with E-state index < -0.39 is 0 Å². The number of ether oxygens (including phenoxy) is 2. The van der Waals surface area contributed by atoms with Crippen molar-refractivity contribution in [1.29, 1.82) is 0 Å². The summed E-state index contributed by atoms with van der Waals surface area (Å²) >= 11 is 0. The molecule has 0 N–H and O–H groups in total. The molecule has 0 saturated carbocycles. The van der Waals surface area contributed by atoms with Gasteiger partial charge in [0.1, 0.15) is 6.10 Å². The summed E-state index contributed by atoms with van der Waals surface area (Å²) in [5, 5.41) is 0. The second kappa shape index (κ2) is 5.96. The zero-order chi connectivity index (χ0) is 6.53. The van der Waals surface area contributed by atoms with Gasteiger partial charge in [-0.1, -0.05) is 13.3 Å². The van der Waals surface area contributed by atoms with Crippen molar-refractivity contribution < 1.29 is 9.47 Å². The van der Waals surface area contributed by atoms with Crippen molar-refractivity contribution in [2.75, 3.05) is 19.8 Å². The van der Waals surface area contributed by atoms with Crippen LogP contribution >= 0.6 is 12.4 Å². The molecule has 0 aliphatic carbocycles. The highest BCUT2D eigenvalue weighted by Gasteiger charge is 2.21. The Morgan fingerprint density at radius 2 is 2.30 bits per heavy atom. The van der Waals surface area contributed by atoms with Crippen molar-refractivity contribution in [1.82, 2.24) is 0 Å².